The van der Waals surface area contributed by atoms with E-state index in [4.69, 9.17) is 4.74 Å². The normalized spacial score (nSPS) is 14.4. The van der Waals surface area contributed by atoms with E-state index in [1.807, 2.05) is 6.07 Å². The molecule has 0 aromatic heterocycles. The molecule has 0 saturated carbocycles. The molecule has 0 aliphatic heterocycles. The van der Waals surface area contributed by atoms with Crippen molar-refractivity contribution >= 4 is 15.9 Å². The van der Waals surface area contributed by atoms with E-state index >= 15 is 0 Å². The van der Waals surface area contributed by atoms with Crippen molar-refractivity contribution in [1.29, 1.82) is 0 Å². The summed E-state index contributed by atoms with van der Waals surface area (Å²) in [6, 6.07) is 5.49. The van der Waals surface area contributed by atoms with Gasteiger partial charge < -0.3 is 10.1 Å². The molecule has 0 saturated heterocycles. The molecule has 0 radical (unpaired) electrons. The molecule has 0 aliphatic carbocycles. The average molecular weight is 332 g/mol. The lowest BCUT2D eigenvalue weighted by atomic mass is 10.0. The number of benzene rings is 1. The van der Waals surface area contributed by atoms with E-state index in [1.165, 1.54) is 6.07 Å². The van der Waals surface area contributed by atoms with Crippen molar-refractivity contribution in [3.05, 3.63) is 34.1 Å². The van der Waals surface area contributed by atoms with E-state index in [0.29, 0.717) is 10.5 Å². The highest BCUT2D eigenvalue weighted by molar-refractivity contribution is 9.10. The van der Waals surface area contributed by atoms with Crippen molar-refractivity contribution < 1.29 is 9.13 Å². The van der Waals surface area contributed by atoms with Crippen LogP contribution in [0.1, 0.15) is 32.3 Å². The summed E-state index contributed by atoms with van der Waals surface area (Å²) in [6.07, 6.45) is 3.00. The number of rotatable bonds is 8. The van der Waals surface area contributed by atoms with E-state index in [2.05, 4.69) is 35.1 Å². The Morgan fingerprint density at radius 1 is 1.42 bits per heavy atom. The van der Waals surface area contributed by atoms with Gasteiger partial charge in [-0.25, -0.2) is 4.39 Å². The minimum absolute atomic E-state index is 0.196. The van der Waals surface area contributed by atoms with E-state index in [9.17, 15) is 4.39 Å². The Hall–Kier alpha value is -0.450. The standard InChI is InChI=1S/C15H23BrFNO/c1-4-8-18-13(9-11(2)19-3)10-12-6-5-7-14(17)15(12)16/h5-7,11,13,18H,4,8-10H2,1-3H3. The van der Waals surface area contributed by atoms with Gasteiger partial charge in [-0.15, -0.1) is 0 Å². The molecule has 0 bridgehead atoms. The Morgan fingerprint density at radius 2 is 2.16 bits per heavy atom. The molecule has 1 aromatic carbocycles. The predicted octanol–water partition coefficient (Wildman–Crippen LogP) is 3.92. The third kappa shape index (κ3) is 5.59. The largest absolute Gasteiger partial charge is 0.382 e. The van der Waals surface area contributed by atoms with Gasteiger partial charge >= 0.3 is 0 Å². The van der Waals surface area contributed by atoms with Gasteiger partial charge in [-0.3, -0.25) is 0 Å². The molecule has 2 atom stereocenters. The van der Waals surface area contributed by atoms with Gasteiger partial charge in [0.05, 0.1) is 10.6 Å². The minimum atomic E-state index is -0.202. The molecular formula is C15H23BrFNO. The summed E-state index contributed by atoms with van der Waals surface area (Å²) in [5.74, 6) is -0.202. The lowest BCUT2D eigenvalue weighted by Crippen LogP contribution is -2.35. The zero-order valence-corrected chi connectivity index (χ0v) is 13.5. The van der Waals surface area contributed by atoms with Crippen LogP contribution in [-0.4, -0.2) is 25.8 Å². The summed E-state index contributed by atoms with van der Waals surface area (Å²) < 4.78 is 19.4. The summed E-state index contributed by atoms with van der Waals surface area (Å²) >= 11 is 3.33. The topological polar surface area (TPSA) is 21.3 Å². The van der Waals surface area contributed by atoms with Gasteiger partial charge in [-0.2, -0.15) is 0 Å². The lowest BCUT2D eigenvalue weighted by molar-refractivity contribution is 0.100. The summed E-state index contributed by atoms with van der Waals surface area (Å²) in [6.45, 7) is 5.16. The molecule has 1 aromatic rings. The molecule has 0 amide bonds. The summed E-state index contributed by atoms with van der Waals surface area (Å²) in [5, 5.41) is 3.51. The fraction of sp³-hybridized carbons (Fsp3) is 0.600. The smallest absolute Gasteiger partial charge is 0.137 e. The van der Waals surface area contributed by atoms with Crippen LogP contribution in [0.25, 0.3) is 0 Å². The number of halogens is 2. The fourth-order valence-electron chi connectivity index (χ4n) is 2.06. The first-order valence-corrected chi connectivity index (χ1v) is 7.56. The number of hydrogen-bond acceptors (Lipinski definition) is 2. The molecule has 1 rings (SSSR count). The van der Waals surface area contributed by atoms with Crippen molar-refractivity contribution in [2.24, 2.45) is 0 Å². The lowest BCUT2D eigenvalue weighted by Gasteiger charge is -2.22. The van der Waals surface area contributed by atoms with Gasteiger partial charge in [0.15, 0.2) is 0 Å². The Kier molecular flexibility index (Phi) is 7.57. The highest BCUT2D eigenvalue weighted by Gasteiger charge is 2.15. The van der Waals surface area contributed by atoms with Gasteiger partial charge in [0.25, 0.3) is 0 Å². The van der Waals surface area contributed by atoms with Crippen molar-refractivity contribution in [1.82, 2.24) is 5.32 Å². The van der Waals surface area contributed by atoms with Gasteiger partial charge in [0.2, 0.25) is 0 Å². The number of methoxy groups -OCH3 is 1. The molecule has 19 heavy (non-hydrogen) atoms. The van der Waals surface area contributed by atoms with Gasteiger partial charge in [0, 0.05) is 13.2 Å². The van der Waals surface area contributed by atoms with Crippen LogP contribution in [0.4, 0.5) is 4.39 Å². The van der Waals surface area contributed by atoms with E-state index in [1.54, 1.807) is 13.2 Å². The number of nitrogens with one attached hydrogen (secondary N) is 1. The monoisotopic (exact) mass is 331 g/mol. The Labute approximate surface area is 123 Å². The van der Waals surface area contributed by atoms with Crippen LogP contribution in [0.3, 0.4) is 0 Å². The molecule has 4 heteroatoms. The van der Waals surface area contributed by atoms with Crippen molar-refractivity contribution in [2.75, 3.05) is 13.7 Å². The molecule has 1 N–H and O–H groups in total. The van der Waals surface area contributed by atoms with E-state index < -0.39 is 0 Å². The Bertz CT molecular complexity index is 386. The second-order valence-corrected chi connectivity index (χ2v) is 5.64. The maximum absolute atomic E-state index is 13.5. The number of ether oxygens (including phenoxy) is 1. The van der Waals surface area contributed by atoms with Gasteiger partial charge in [-0.1, -0.05) is 19.1 Å². The summed E-state index contributed by atoms with van der Waals surface area (Å²) in [4.78, 5) is 0. The molecule has 0 heterocycles. The average Bonchev–Trinajstić information content (AvgIpc) is 2.41. The van der Waals surface area contributed by atoms with Crippen LogP contribution in [0.2, 0.25) is 0 Å². The van der Waals surface area contributed by atoms with Crippen LogP contribution < -0.4 is 5.32 Å². The zero-order chi connectivity index (χ0) is 14.3. The SMILES string of the molecule is CCCNC(Cc1cccc(F)c1Br)CC(C)OC. The summed E-state index contributed by atoms with van der Waals surface area (Å²) in [7, 11) is 1.72. The highest BCUT2D eigenvalue weighted by Crippen LogP contribution is 2.22. The van der Waals surface area contributed by atoms with E-state index in [-0.39, 0.29) is 11.9 Å². The van der Waals surface area contributed by atoms with Gasteiger partial charge in [0.1, 0.15) is 5.82 Å². The first kappa shape index (κ1) is 16.6. The highest BCUT2D eigenvalue weighted by atomic mass is 79.9. The second kappa shape index (κ2) is 8.67. The Balaban J connectivity index is 2.72. The van der Waals surface area contributed by atoms with Crippen molar-refractivity contribution in [3.63, 3.8) is 0 Å². The maximum atomic E-state index is 13.5. The molecule has 0 fully saturated rings. The molecule has 2 nitrogen and oxygen atoms in total. The molecule has 2 unspecified atom stereocenters. The van der Waals surface area contributed by atoms with E-state index in [0.717, 1.165) is 31.4 Å². The minimum Gasteiger partial charge on any atom is -0.382 e. The van der Waals surface area contributed by atoms with Gasteiger partial charge in [-0.05, 0) is 60.3 Å². The molecule has 0 aliphatic rings. The van der Waals surface area contributed by atoms with Crippen LogP contribution in [0.5, 0.6) is 0 Å². The second-order valence-electron chi connectivity index (χ2n) is 4.85. The zero-order valence-electron chi connectivity index (χ0n) is 11.9. The van der Waals surface area contributed by atoms with Crippen LogP contribution in [0, 0.1) is 5.82 Å². The fourth-order valence-corrected chi connectivity index (χ4v) is 2.48. The number of hydrogen-bond donors (Lipinski definition) is 1. The molecule has 108 valence electrons. The predicted molar refractivity (Wildman–Crippen MR) is 81.0 cm³/mol. The van der Waals surface area contributed by atoms with Crippen molar-refractivity contribution in [3.8, 4) is 0 Å². The first-order chi connectivity index (χ1) is 9.08. The van der Waals surface area contributed by atoms with Crippen LogP contribution in [0.15, 0.2) is 22.7 Å². The van der Waals surface area contributed by atoms with Crippen molar-refractivity contribution in [2.45, 2.75) is 45.3 Å². The maximum Gasteiger partial charge on any atom is 0.137 e. The Morgan fingerprint density at radius 3 is 2.79 bits per heavy atom. The third-order valence-corrected chi connectivity index (χ3v) is 4.09. The summed E-state index contributed by atoms with van der Waals surface area (Å²) in [5.41, 5.74) is 0.997. The third-order valence-electron chi connectivity index (χ3n) is 3.20. The molecule has 0 spiro atoms. The quantitative estimate of drug-likeness (QED) is 0.779. The first-order valence-electron chi connectivity index (χ1n) is 6.77. The van der Waals surface area contributed by atoms with Crippen LogP contribution in [-0.2, 0) is 11.2 Å². The molecular weight excluding hydrogens is 309 g/mol. The van der Waals surface area contributed by atoms with Crippen LogP contribution >= 0.6 is 15.9 Å².